The van der Waals surface area contributed by atoms with E-state index in [-0.39, 0.29) is 30.6 Å². The number of carbonyl (C=O) groups excluding carboxylic acids is 7. The molecule has 1 aromatic rings. The van der Waals surface area contributed by atoms with Crippen LogP contribution in [0.3, 0.4) is 0 Å². The lowest BCUT2D eigenvalue weighted by atomic mass is 9.43. The number of Topliss-reactive ketones (excluding diaryl/α,β-unsaturated/α-hetero) is 1. The number of hydrogen-bond donors (Lipinski definition) is 1. The van der Waals surface area contributed by atoms with Crippen molar-refractivity contribution >= 4 is 41.6 Å². The number of fused-ring (bicyclic) bond motifs is 1. The molecule has 4 fully saturated rings. The van der Waals surface area contributed by atoms with Gasteiger partial charge in [0.15, 0.2) is 23.6 Å². The Hall–Kier alpha value is -4.63. The molecule has 1 saturated heterocycles. The third kappa shape index (κ3) is 5.96. The number of esters is 6. The Labute approximate surface area is 300 Å². The van der Waals surface area contributed by atoms with E-state index in [1.807, 2.05) is 0 Å². The smallest absolute Gasteiger partial charge is 0.338 e. The Kier molecular flexibility index (Phi) is 10.2. The Bertz CT molecular complexity index is 1690. The molecule has 15 heteroatoms. The van der Waals surface area contributed by atoms with Crippen LogP contribution in [0.1, 0.15) is 71.7 Å². The average Bonchev–Trinajstić information content (AvgIpc) is 3.19. The maximum absolute atomic E-state index is 14.2. The first-order valence-corrected chi connectivity index (χ1v) is 16.9. The van der Waals surface area contributed by atoms with Gasteiger partial charge in [0.1, 0.15) is 30.5 Å². The molecule has 11 atom stereocenters. The highest BCUT2D eigenvalue weighted by Crippen LogP contribution is 2.67. The number of carbonyl (C=O) groups is 7. The van der Waals surface area contributed by atoms with Gasteiger partial charge in [0, 0.05) is 64.7 Å². The van der Waals surface area contributed by atoms with Crippen LogP contribution in [0, 0.1) is 22.7 Å². The summed E-state index contributed by atoms with van der Waals surface area (Å²) >= 11 is 0. The van der Waals surface area contributed by atoms with Crippen molar-refractivity contribution in [2.75, 3.05) is 13.2 Å². The van der Waals surface area contributed by atoms with Crippen LogP contribution < -0.4 is 0 Å². The van der Waals surface area contributed by atoms with Crippen LogP contribution in [0.15, 0.2) is 42.5 Å². The predicted molar refractivity (Wildman–Crippen MR) is 175 cm³/mol. The van der Waals surface area contributed by atoms with Crippen LogP contribution >= 0.6 is 0 Å². The molecule has 3 aliphatic carbocycles. The van der Waals surface area contributed by atoms with Crippen molar-refractivity contribution in [1.82, 2.24) is 0 Å². The van der Waals surface area contributed by atoms with E-state index < -0.39 is 113 Å². The van der Waals surface area contributed by atoms with Gasteiger partial charge < -0.3 is 38.3 Å². The molecular formula is C37H44O15. The number of benzene rings is 1. The fourth-order valence-electron chi connectivity index (χ4n) is 9.17. The number of ketones is 1. The second kappa shape index (κ2) is 13.7. The molecule has 0 spiro atoms. The summed E-state index contributed by atoms with van der Waals surface area (Å²) < 4.78 is 41.9. The lowest BCUT2D eigenvalue weighted by molar-refractivity contribution is -0.302. The highest BCUT2D eigenvalue weighted by molar-refractivity contribution is 5.92. The zero-order valence-corrected chi connectivity index (χ0v) is 30.1. The number of hydrogen-bond acceptors (Lipinski definition) is 15. The Morgan fingerprint density at radius 3 is 1.94 bits per heavy atom. The fourth-order valence-corrected chi connectivity index (χ4v) is 9.17. The maximum Gasteiger partial charge on any atom is 0.338 e. The summed E-state index contributed by atoms with van der Waals surface area (Å²) in [6, 6.07) is 7.85. The summed E-state index contributed by atoms with van der Waals surface area (Å²) in [7, 11) is 0. The zero-order valence-electron chi connectivity index (χ0n) is 30.1. The second-order valence-electron chi connectivity index (χ2n) is 14.4. The van der Waals surface area contributed by atoms with Gasteiger partial charge in [-0.05, 0) is 24.6 Å². The number of rotatable bonds is 8. The van der Waals surface area contributed by atoms with Crippen molar-refractivity contribution in [3.63, 3.8) is 0 Å². The first-order valence-electron chi connectivity index (χ1n) is 16.9. The number of aliphatic hydroxyl groups is 1. The van der Waals surface area contributed by atoms with Gasteiger partial charge in [0.25, 0.3) is 0 Å². The lowest BCUT2D eigenvalue weighted by Gasteiger charge is -2.65. The minimum Gasteiger partial charge on any atom is -0.462 e. The highest BCUT2D eigenvalue weighted by atomic mass is 16.6. The van der Waals surface area contributed by atoms with Gasteiger partial charge >= 0.3 is 35.8 Å². The van der Waals surface area contributed by atoms with Crippen LogP contribution in [-0.2, 0) is 61.9 Å². The molecule has 1 N–H and O–H groups in total. The van der Waals surface area contributed by atoms with Crippen molar-refractivity contribution in [1.29, 1.82) is 0 Å². The third-order valence-corrected chi connectivity index (χ3v) is 11.3. The molecule has 1 heterocycles. The monoisotopic (exact) mass is 728 g/mol. The topological polar surface area (TPSA) is 204 Å². The van der Waals surface area contributed by atoms with E-state index in [1.54, 1.807) is 25.1 Å². The van der Waals surface area contributed by atoms with Gasteiger partial charge in [-0.15, -0.1) is 0 Å². The van der Waals surface area contributed by atoms with Crippen molar-refractivity contribution in [2.24, 2.45) is 22.7 Å². The van der Waals surface area contributed by atoms with E-state index in [0.717, 1.165) is 34.6 Å². The predicted octanol–water partition coefficient (Wildman–Crippen LogP) is 2.19. The van der Waals surface area contributed by atoms with Gasteiger partial charge in [-0.3, -0.25) is 28.8 Å². The molecule has 0 unspecified atom stereocenters. The standard InChI is InChI=1S/C37H44O15/c1-18-26(48-19(2)38)15-28(49-20(3)39)36(17-46-33(44)24-12-10-9-11-13-24)29(18)30(50-21(4)40)25-14-27(43)35(8)37(45,34(25,7)16-47-35)32(52-23(6)42)31(36)51-22(5)41/h9-13,25-26,28-32,45H,1,14-17H2,2-8H3/t25-,26-,28-,29-,30+,31-,32-,34-,35-,36+,37+/m0/s1. The van der Waals surface area contributed by atoms with E-state index >= 15 is 0 Å². The van der Waals surface area contributed by atoms with Gasteiger partial charge in [-0.1, -0.05) is 31.7 Å². The van der Waals surface area contributed by atoms with E-state index in [1.165, 1.54) is 19.1 Å². The summed E-state index contributed by atoms with van der Waals surface area (Å²) in [6.07, 6.45) is -8.82. The summed E-state index contributed by atoms with van der Waals surface area (Å²) in [5.74, 6) is -8.44. The first-order chi connectivity index (χ1) is 24.2. The average molecular weight is 729 g/mol. The van der Waals surface area contributed by atoms with Crippen molar-refractivity contribution < 1.29 is 71.8 Å². The largest absolute Gasteiger partial charge is 0.462 e. The maximum atomic E-state index is 14.2. The summed E-state index contributed by atoms with van der Waals surface area (Å²) in [5, 5.41) is 13.2. The molecular weight excluding hydrogens is 684 g/mol. The van der Waals surface area contributed by atoms with Gasteiger partial charge in [-0.25, -0.2) is 4.79 Å². The normalized spacial score (nSPS) is 37.7. The van der Waals surface area contributed by atoms with Crippen LogP contribution in [0.25, 0.3) is 0 Å². The minimum atomic E-state index is -2.51. The Morgan fingerprint density at radius 1 is 0.827 bits per heavy atom. The van der Waals surface area contributed by atoms with Crippen LogP contribution in [-0.4, -0.2) is 102 Å². The van der Waals surface area contributed by atoms with Crippen molar-refractivity contribution in [3.8, 4) is 0 Å². The Balaban J connectivity index is 1.93. The van der Waals surface area contributed by atoms with Crippen LogP contribution in [0.5, 0.6) is 0 Å². The van der Waals surface area contributed by atoms with Crippen LogP contribution in [0.4, 0.5) is 0 Å². The Morgan fingerprint density at radius 2 is 1.38 bits per heavy atom. The number of ether oxygens (including phenoxy) is 7. The third-order valence-electron chi connectivity index (χ3n) is 11.3. The van der Waals surface area contributed by atoms with Gasteiger partial charge in [0.05, 0.1) is 17.6 Å². The summed E-state index contributed by atoms with van der Waals surface area (Å²) in [5.41, 5.74) is -8.10. The van der Waals surface area contributed by atoms with E-state index in [4.69, 9.17) is 33.2 Å². The van der Waals surface area contributed by atoms with E-state index in [9.17, 15) is 38.7 Å². The lowest BCUT2D eigenvalue weighted by Crippen LogP contribution is -2.81. The van der Waals surface area contributed by atoms with E-state index in [2.05, 4.69) is 6.58 Å². The fraction of sp³-hybridized carbons (Fsp3) is 0.595. The molecule has 1 aliphatic heterocycles. The summed E-state index contributed by atoms with van der Waals surface area (Å²) in [4.78, 5) is 92.7. The molecule has 4 aliphatic rings. The van der Waals surface area contributed by atoms with Gasteiger partial charge in [0.2, 0.25) is 0 Å². The first kappa shape index (κ1) is 38.6. The highest BCUT2D eigenvalue weighted by Gasteiger charge is 2.83. The van der Waals surface area contributed by atoms with Crippen LogP contribution in [0.2, 0.25) is 0 Å². The molecule has 15 nitrogen and oxygen atoms in total. The molecule has 3 saturated carbocycles. The molecule has 5 rings (SSSR count). The SMILES string of the molecule is C=C1[C@@H](OC(C)=O)C[C@H](OC(C)=O)[C@@]2(COC(=O)c3ccccc3)[C@@H](OC(C)=O)[C@H](OC(C)=O)[C@]3(O)[C@@]4(C)OC[C@@]3(C)[C@@H](CC4=O)[C@@H](OC(C)=O)[C@H]12. The van der Waals surface area contributed by atoms with Crippen molar-refractivity contribution in [2.45, 2.75) is 103 Å². The van der Waals surface area contributed by atoms with Crippen molar-refractivity contribution in [3.05, 3.63) is 48.0 Å². The molecule has 0 aromatic heterocycles. The molecule has 0 radical (unpaired) electrons. The van der Waals surface area contributed by atoms with Gasteiger partial charge in [-0.2, -0.15) is 0 Å². The quantitative estimate of drug-likeness (QED) is 0.232. The second-order valence-corrected chi connectivity index (χ2v) is 14.4. The zero-order chi connectivity index (χ0) is 38.6. The molecule has 1 aromatic carbocycles. The summed E-state index contributed by atoms with van der Waals surface area (Å²) in [6.45, 7) is 11.5. The molecule has 4 bridgehead atoms. The molecule has 0 amide bonds. The minimum absolute atomic E-state index is 0.0630. The molecule has 282 valence electrons. The van der Waals surface area contributed by atoms with E-state index in [0.29, 0.717) is 0 Å². The molecule has 52 heavy (non-hydrogen) atoms.